The Morgan fingerprint density at radius 2 is 2.12 bits per heavy atom. The van der Waals surface area contributed by atoms with Gasteiger partial charge >= 0.3 is 0 Å². The van der Waals surface area contributed by atoms with Crippen molar-refractivity contribution >= 4 is 0 Å². The normalized spacial score (nSPS) is 12.8. The van der Waals surface area contributed by atoms with Crippen molar-refractivity contribution in [3.8, 4) is 5.75 Å². The molecule has 4 heteroatoms. The van der Waals surface area contributed by atoms with Crippen molar-refractivity contribution in [1.82, 2.24) is 5.32 Å². The molecule has 1 unspecified atom stereocenters. The van der Waals surface area contributed by atoms with Crippen LogP contribution in [0.4, 0.5) is 4.39 Å². The molecule has 0 heterocycles. The van der Waals surface area contributed by atoms with Crippen molar-refractivity contribution < 1.29 is 9.13 Å². The van der Waals surface area contributed by atoms with Gasteiger partial charge in [-0.05, 0) is 30.2 Å². The number of nitrogens with two attached hydrogens (primary N) is 1. The zero-order valence-corrected chi connectivity index (χ0v) is 10.7. The summed E-state index contributed by atoms with van der Waals surface area (Å²) in [7, 11) is 1.45. The maximum absolute atomic E-state index is 13.6. The van der Waals surface area contributed by atoms with Gasteiger partial charge in [-0.1, -0.05) is 19.9 Å². The lowest BCUT2D eigenvalue weighted by Gasteiger charge is -2.19. The second kappa shape index (κ2) is 6.57. The first kappa shape index (κ1) is 13.9. The largest absolute Gasteiger partial charge is 0.494 e. The second-order valence-corrected chi connectivity index (χ2v) is 4.48. The summed E-state index contributed by atoms with van der Waals surface area (Å²) in [6.45, 7) is 5.54. The van der Waals surface area contributed by atoms with E-state index in [-0.39, 0.29) is 17.6 Å². The van der Waals surface area contributed by atoms with E-state index in [1.165, 1.54) is 13.2 Å². The molecule has 0 saturated carbocycles. The molecule has 0 aromatic heterocycles. The van der Waals surface area contributed by atoms with Crippen molar-refractivity contribution in [2.75, 3.05) is 20.2 Å². The third-order valence-electron chi connectivity index (χ3n) is 2.59. The Hall–Kier alpha value is -1.13. The van der Waals surface area contributed by atoms with Crippen molar-refractivity contribution in [3.05, 3.63) is 29.6 Å². The third kappa shape index (κ3) is 3.98. The smallest absolute Gasteiger partial charge is 0.165 e. The van der Waals surface area contributed by atoms with E-state index >= 15 is 0 Å². The molecule has 3 nitrogen and oxygen atoms in total. The Bertz CT molecular complexity index is 355. The van der Waals surface area contributed by atoms with E-state index in [9.17, 15) is 4.39 Å². The molecule has 0 aliphatic heterocycles. The Morgan fingerprint density at radius 1 is 1.41 bits per heavy atom. The van der Waals surface area contributed by atoms with Crippen LogP contribution in [0, 0.1) is 11.7 Å². The fraction of sp³-hybridized carbons (Fsp3) is 0.538. The van der Waals surface area contributed by atoms with Crippen LogP contribution in [0.2, 0.25) is 0 Å². The van der Waals surface area contributed by atoms with Crippen molar-refractivity contribution in [3.63, 3.8) is 0 Å². The summed E-state index contributed by atoms with van der Waals surface area (Å²) < 4.78 is 18.4. The van der Waals surface area contributed by atoms with Gasteiger partial charge in [-0.2, -0.15) is 0 Å². The molecule has 1 aromatic rings. The Kier molecular flexibility index (Phi) is 5.38. The number of rotatable bonds is 6. The van der Waals surface area contributed by atoms with E-state index < -0.39 is 0 Å². The maximum atomic E-state index is 13.6. The van der Waals surface area contributed by atoms with Crippen LogP contribution < -0.4 is 15.8 Å². The summed E-state index contributed by atoms with van der Waals surface area (Å²) in [5, 5.41) is 3.32. The fourth-order valence-electron chi connectivity index (χ4n) is 1.61. The van der Waals surface area contributed by atoms with Crippen LogP contribution in [-0.2, 0) is 0 Å². The first-order valence-corrected chi connectivity index (χ1v) is 5.85. The molecular weight excluding hydrogens is 219 g/mol. The number of benzene rings is 1. The van der Waals surface area contributed by atoms with Gasteiger partial charge in [0.15, 0.2) is 11.6 Å². The zero-order chi connectivity index (χ0) is 12.8. The molecule has 0 spiro atoms. The summed E-state index contributed by atoms with van der Waals surface area (Å²) in [5.74, 6) is 0.440. The van der Waals surface area contributed by atoms with Crippen LogP contribution >= 0.6 is 0 Å². The highest BCUT2D eigenvalue weighted by Gasteiger charge is 2.12. The lowest BCUT2D eigenvalue weighted by molar-refractivity contribution is 0.385. The van der Waals surface area contributed by atoms with Gasteiger partial charge in [-0.25, -0.2) is 4.39 Å². The topological polar surface area (TPSA) is 47.3 Å². The number of nitrogens with one attached hydrogen (secondary N) is 1. The van der Waals surface area contributed by atoms with E-state index in [1.54, 1.807) is 6.07 Å². The molecule has 96 valence electrons. The Labute approximate surface area is 102 Å². The molecule has 1 aromatic carbocycles. The average molecular weight is 240 g/mol. The van der Waals surface area contributed by atoms with E-state index in [2.05, 4.69) is 19.2 Å². The highest BCUT2D eigenvalue weighted by atomic mass is 19.1. The zero-order valence-electron chi connectivity index (χ0n) is 10.7. The summed E-state index contributed by atoms with van der Waals surface area (Å²) >= 11 is 0. The minimum absolute atomic E-state index is 0.0159. The summed E-state index contributed by atoms with van der Waals surface area (Å²) in [4.78, 5) is 0. The van der Waals surface area contributed by atoms with Gasteiger partial charge in [0.05, 0.1) is 7.11 Å². The monoisotopic (exact) mass is 240 g/mol. The van der Waals surface area contributed by atoms with Gasteiger partial charge in [0.1, 0.15) is 0 Å². The Balaban J connectivity index is 2.78. The van der Waals surface area contributed by atoms with Crippen LogP contribution in [0.3, 0.4) is 0 Å². The SMILES string of the molecule is COc1ccc(C(CN)NCC(C)C)cc1F. The number of ether oxygens (including phenoxy) is 1. The predicted molar refractivity (Wildman–Crippen MR) is 67.6 cm³/mol. The molecule has 0 saturated heterocycles. The molecule has 1 atom stereocenters. The molecule has 3 N–H and O–H groups in total. The van der Waals surface area contributed by atoms with Gasteiger partial charge < -0.3 is 15.8 Å². The molecule has 17 heavy (non-hydrogen) atoms. The number of methoxy groups -OCH3 is 1. The predicted octanol–water partition coefficient (Wildman–Crippen LogP) is 2.08. The fourth-order valence-corrected chi connectivity index (χ4v) is 1.61. The lowest BCUT2D eigenvalue weighted by Crippen LogP contribution is -2.31. The van der Waals surface area contributed by atoms with Crippen molar-refractivity contribution in [1.29, 1.82) is 0 Å². The van der Waals surface area contributed by atoms with Crippen LogP contribution in [0.15, 0.2) is 18.2 Å². The first-order valence-electron chi connectivity index (χ1n) is 5.85. The van der Waals surface area contributed by atoms with Gasteiger partial charge in [-0.15, -0.1) is 0 Å². The standard InChI is InChI=1S/C13H21FN2O/c1-9(2)8-16-12(7-15)10-4-5-13(17-3)11(14)6-10/h4-6,9,12,16H,7-8,15H2,1-3H3. The summed E-state index contributed by atoms with van der Waals surface area (Å²) in [6, 6.07) is 4.93. The molecule has 0 amide bonds. The van der Waals surface area contributed by atoms with E-state index in [4.69, 9.17) is 10.5 Å². The van der Waals surface area contributed by atoms with E-state index in [0.717, 1.165) is 12.1 Å². The first-order chi connectivity index (χ1) is 8.08. The van der Waals surface area contributed by atoms with E-state index in [0.29, 0.717) is 12.5 Å². The minimum Gasteiger partial charge on any atom is -0.494 e. The summed E-state index contributed by atoms with van der Waals surface area (Å²) in [5.41, 5.74) is 6.55. The van der Waals surface area contributed by atoms with Crippen LogP contribution in [0.25, 0.3) is 0 Å². The molecular formula is C13H21FN2O. The van der Waals surface area contributed by atoms with Crippen LogP contribution in [0.1, 0.15) is 25.5 Å². The molecule has 0 aliphatic rings. The molecule has 0 fully saturated rings. The molecule has 0 bridgehead atoms. The van der Waals surface area contributed by atoms with Crippen LogP contribution in [0.5, 0.6) is 5.75 Å². The number of hydrogen-bond acceptors (Lipinski definition) is 3. The minimum atomic E-state index is -0.352. The second-order valence-electron chi connectivity index (χ2n) is 4.48. The van der Waals surface area contributed by atoms with E-state index in [1.807, 2.05) is 6.07 Å². The molecule has 1 rings (SSSR count). The highest BCUT2D eigenvalue weighted by molar-refractivity contribution is 5.31. The number of halogens is 1. The average Bonchev–Trinajstić information content (AvgIpc) is 2.29. The summed E-state index contributed by atoms with van der Waals surface area (Å²) in [6.07, 6.45) is 0. The van der Waals surface area contributed by atoms with Crippen molar-refractivity contribution in [2.24, 2.45) is 11.7 Å². The van der Waals surface area contributed by atoms with Gasteiger partial charge in [0.2, 0.25) is 0 Å². The van der Waals surface area contributed by atoms with Gasteiger partial charge in [0, 0.05) is 12.6 Å². The lowest BCUT2D eigenvalue weighted by atomic mass is 10.1. The maximum Gasteiger partial charge on any atom is 0.165 e. The third-order valence-corrected chi connectivity index (χ3v) is 2.59. The molecule has 0 aliphatic carbocycles. The van der Waals surface area contributed by atoms with Crippen LogP contribution in [-0.4, -0.2) is 20.2 Å². The van der Waals surface area contributed by atoms with Gasteiger partial charge in [-0.3, -0.25) is 0 Å². The van der Waals surface area contributed by atoms with Crippen molar-refractivity contribution in [2.45, 2.75) is 19.9 Å². The van der Waals surface area contributed by atoms with Gasteiger partial charge in [0.25, 0.3) is 0 Å². The highest BCUT2D eigenvalue weighted by Crippen LogP contribution is 2.21. The quantitative estimate of drug-likeness (QED) is 0.800. The molecule has 0 radical (unpaired) electrons. The number of hydrogen-bond donors (Lipinski definition) is 2. The Morgan fingerprint density at radius 3 is 2.59 bits per heavy atom.